The lowest BCUT2D eigenvalue weighted by Gasteiger charge is -2.26. The Morgan fingerprint density at radius 3 is 1.84 bits per heavy atom. The summed E-state index contributed by atoms with van der Waals surface area (Å²) in [5, 5.41) is 10.1. The highest BCUT2D eigenvalue weighted by molar-refractivity contribution is 5.71. The molecule has 0 aliphatic heterocycles. The van der Waals surface area contributed by atoms with Gasteiger partial charge in [0.15, 0.2) is 23.0 Å². The summed E-state index contributed by atoms with van der Waals surface area (Å²) in [4.78, 5) is 2.07. The van der Waals surface area contributed by atoms with Gasteiger partial charge in [-0.3, -0.25) is 0 Å². The Balaban J connectivity index is 2.55. The van der Waals surface area contributed by atoms with Gasteiger partial charge in [0.05, 0.1) is 28.4 Å². The van der Waals surface area contributed by atoms with Gasteiger partial charge in [-0.2, -0.15) is 0 Å². The van der Waals surface area contributed by atoms with Crippen LogP contribution in [0.4, 0.5) is 11.4 Å². The summed E-state index contributed by atoms with van der Waals surface area (Å²) in [6.45, 7) is 2.85. The molecule has 0 unspecified atom stereocenters. The van der Waals surface area contributed by atoms with Gasteiger partial charge in [0.1, 0.15) is 0 Å². The topological polar surface area (TPSA) is 60.4 Å². The van der Waals surface area contributed by atoms with Crippen molar-refractivity contribution in [2.24, 2.45) is 0 Å². The van der Waals surface area contributed by atoms with Crippen molar-refractivity contribution >= 4 is 11.4 Å². The minimum Gasteiger partial charge on any atom is -0.504 e. The van der Waals surface area contributed by atoms with E-state index in [0.717, 1.165) is 24.3 Å². The SMILES string of the molecule is CCCN(c1ccc(OC)c(O)c1)c1cc(OC)c(OC)c(OC)c1. The molecule has 2 aromatic carbocycles. The molecule has 2 aromatic rings. The molecule has 0 saturated heterocycles. The van der Waals surface area contributed by atoms with E-state index in [-0.39, 0.29) is 5.75 Å². The number of hydrogen-bond acceptors (Lipinski definition) is 6. The fourth-order valence-electron chi connectivity index (χ4n) is 2.70. The predicted octanol–water partition coefficient (Wildman–Crippen LogP) is 3.97. The standard InChI is InChI=1S/C19H25NO5/c1-6-9-20(13-7-8-16(22-2)15(21)10-13)14-11-17(23-3)19(25-5)18(12-14)24-4/h7-8,10-12,21H,6,9H2,1-5H3. The van der Waals surface area contributed by atoms with Crippen LogP contribution in [0.5, 0.6) is 28.7 Å². The average molecular weight is 347 g/mol. The summed E-state index contributed by atoms with van der Waals surface area (Å²) in [6, 6.07) is 9.09. The van der Waals surface area contributed by atoms with E-state index in [1.807, 2.05) is 18.2 Å². The zero-order chi connectivity index (χ0) is 18.4. The third-order valence-corrected chi connectivity index (χ3v) is 3.88. The third kappa shape index (κ3) is 3.84. The molecule has 6 nitrogen and oxygen atoms in total. The Bertz CT molecular complexity index is 692. The van der Waals surface area contributed by atoms with Crippen molar-refractivity contribution in [1.29, 1.82) is 0 Å². The number of phenols is 1. The van der Waals surface area contributed by atoms with Crippen LogP contribution in [0.1, 0.15) is 13.3 Å². The molecule has 0 spiro atoms. The molecule has 25 heavy (non-hydrogen) atoms. The van der Waals surface area contributed by atoms with Gasteiger partial charge in [0, 0.05) is 36.1 Å². The lowest BCUT2D eigenvalue weighted by atomic mass is 10.2. The maximum Gasteiger partial charge on any atom is 0.203 e. The summed E-state index contributed by atoms with van der Waals surface area (Å²) in [5.41, 5.74) is 1.72. The van der Waals surface area contributed by atoms with Crippen molar-refractivity contribution < 1.29 is 24.1 Å². The lowest BCUT2D eigenvalue weighted by molar-refractivity contribution is 0.324. The summed E-state index contributed by atoms with van der Waals surface area (Å²) < 4.78 is 21.4. The smallest absolute Gasteiger partial charge is 0.203 e. The van der Waals surface area contributed by atoms with Gasteiger partial charge in [-0.1, -0.05) is 6.92 Å². The van der Waals surface area contributed by atoms with Gasteiger partial charge in [0.2, 0.25) is 5.75 Å². The van der Waals surface area contributed by atoms with E-state index >= 15 is 0 Å². The quantitative estimate of drug-likeness (QED) is 0.779. The average Bonchev–Trinajstić information content (AvgIpc) is 2.64. The molecule has 0 amide bonds. The van der Waals surface area contributed by atoms with Gasteiger partial charge in [-0.05, 0) is 18.6 Å². The number of benzene rings is 2. The first kappa shape index (κ1) is 18.6. The van der Waals surface area contributed by atoms with E-state index in [1.165, 1.54) is 7.11 Å². The van der Waals surface area contributed by atoms with E-state index < -0.39 is 0 Å². The first-order valence-corrected chi connectivity index (χ1v) is 8.04. The minimum absolute atomic E-state index is 0.0912. The molecule has 0 aliphatic rings. The predicted molar refractivity (Wildman–Crippen MR) is 98.1 cm³/mol. The highest BCUT2D eigenvalue weighted by Crippen LogP contribution is 2.43. The summed E-state index contributed by atoms with van der Waals surface area (Å²) in [6.07, 6.45) is 0.920. The van der Waals surface area contributed by atoms with Crippen molar-refractivity contribution in [3.8, 4) is 28.7 Å². The zero-order valence-corrected chi connectivity index (χ0v) is 15.3. The second-order valence-corrected chi connectivity index (χ2v) is 5.39. The molecular formula is C19H25NO5. The summed E-state index contributed by atoms with van der Waals surface area (Å²) in [7, 11) is 6.28. The molecule has 136 valence electrons. The van der Waals surface area contributed by atoms with Crippen LogP contribution in [0.3, 0.4) is 0 Å². The Labute approximate surface area is 148 Å². The van der Waals surface area contributed by atoms with Crippen LogP contribution >= 0.6 is 0 Å². The Morgan fingerprint density at radius 1 is 0.800 bits per heavy atom. The molecule has 0 saturated carbocycles. The van der Waals surface area contributed by atoms with Crippen molar-refractivity contribution in [2.45, 2.75) is 13.3 Å². The van der Waals surface area contributed by atoms with Crippen LogP contribution in [-0.4, -0.2) is 40.1 Å². The molecule has 0 aliphatic carbocycles. The lowest BCUT2D eigenvalue weighted by Crippen LogP contribution is -2.18. The highest BCUT2D eigenvalue weighted by Gasteiger charge is 2.18. The van der Waals surface area contributed by atoms with Gasteiger partial charge in [0.25, 0.3) is 0 Å². The molecule has 1 N–H and O–H groups in total. The Kier molecular flexibility index (Phi) is 6.22. The molecule has 2 rings (SSSR count). The number of rotatable bonds is 8. The van der Waals surface area contributed by atoms with Crippen LogP contribution < -0.4 is 23.8 Å². The number of phenolic OH excluding ortho intramolecular Hbond substituents is 1. The molecule has 0 heterocycles. The number of ether oxygens (including phenoxy) is 4. The molecule has 0 aromatic heterocycles. The normalized spacial score (nSPS) is 10.3. The van der Waals surface area contributed by atoms with E-state index in [1.54, 1.807) is 33.5 Å². The molecule has 0 fully saturated rings. The summed E-state index contributed by atoms with van der Waals surface area (Å²) in [5.74, 6) is 2.23. The number of methoxy groups -OCH3 is 4. The van der Waals surface area contributed by atoms with E-state index in [2.05, 4.69) is 11.8 Å². The first-order valence-electron chi connectivity index (χ1n) is 8.04. The number of aromatic hydroxyl groups is 1. The molecule has 0 bridgehead atoms. The monoisotopic (exact) mass is 347 g/mol. The van der Waals surface area contributed by atoms with Gasteiger partial charge >= 0.3 is 0 Å². The zero-order valence-electron chi connectivity index (χ0n) is 15.3. The molecule has 0 radical (unpaired) electrons. The van der Waals surface area contributed by atoms with Crippen LogP contribution in [0.15, 0.2) is 30.3 Å². The van der Waals surface area contributed by atoms with Crippen LogP contribution in [0.25, 0.3) is 0 Å². The van der Waals surface area contributed by atoms with Crippen LogP contribution in [-0.2, 0) is 0 Å². The van der Waals surface area contributed by atoms with E-state index in [0.29, 0.717) is 23.0 Å². The van der Waals surface area contributed by atoms with Gasteiger partial charge in [-0.25, -0.2) is 0 Å². The van der Waals surface area contributed by atoms with Crippen molar-refractivity contribution in [2.75, 3.05) is 39.9 Å². The number of hydrogen-bond donors (Lipinski definition) is 1. The Hall–Kier alpha value is -2.76. The first-order chi connectivity index (χ1) is 12.1. The van der Waals surface area contributed by atoms with Crippen LogP contribution in [0.2, 0.25) is 0 Å². The molecule has 6 heteroatoms. The largest absolute Gasteiger partial charge is 0.504 e. The van der Waals surface area contributed by atoms with Gasteiger partial charge in [-0.15, -0.1) is 0 Å². The van der Waals surface area contributed by atoms with Gasteiger partial charge < -0.3 is 29.0 Å². The fourth-order valence-corrected chi connectivity index (χ4v) is 2.70. The maximum atomic E-state index is 10.1. The van der Waals surface area contributed by atoms with E-state index in [9.17, 15) is 5.11 Å². The second-order valence-electron chi connectivity index (χ2n) is 5.39. The number of nitrogens with zero attached hydrogens (tertiary/aromatic N) is 1. The highest BCUT2D eigenvalue weighted by atomic mass is 16.5. The Morgan fingerprint density at radius 2 is 1.40 bits per heavy atom. The fraction of sp³-hybridized carbons (Fsp3) is 0.368. The number of anilines is 2. The maximum absolute atomic E-state index is 10.1. The van der Waals surface area contributed by atoms with Crippen molar-refractivity contribution in [3.05, 3.63) is 30.3 Å². The third-order valence-electron chi connectivity index (χ3n) is 3.88. The molecule has 0 atom stereocenters. The second kappa shape index (κ2) is 8.37. The summed E-state index contributed by atoms with van der Waals surface area (Å²) >= 11 is 0. The molecular weight excluding hydrogens is 322 g/mol. The minimum atomic E-state index is 0.0912. The van der Waals surface area contributed by atoms with Crippen LogP contribution in [0, 0.1) is 0 Å². The van der Waals surface area contributed by atoms with Crippen molar-refractivity contribution in [3.63, 3.8) is 0 Å². The van der Waals surface area contributed by atoms with Crippen molar-refractivity contribution in [1.82, 2.24) is 0 Å². The van der Waals surface area contributed by atoms with E-state index in [4.69, 9.17) is 18.9 Å².